The largest absolute Gasteiger partial charge is 0.353 e. The Morgan fingerprint density at radius 3 is 2.47 bits per heavy atom. The molecule has 3 N–H and O–H groups in total. The summed E-state index contributed by atoms with van der Waals surface area (Å²) in [7, 11) is 0. The van der Waals surface area contributed by atoms with Crippen molar-refractivity contribution in [2.24, 2.45) is 0 Å². The van der Waals surface area contributed by atoms with Gasteiger partial charge in [0.1, 0.15) is 0 Å². The molecule has 0 radical (unpaired) electrons. The Hall–Kier alpha value is -1.10. The molecule has 110 valence electrons. The van der Waals surface area contributed by atoms with Crippen molar-refractivity contribution >= 4 is 11.8 Å². The Balaban J connectivity index is 2.16. The summed E-state index contributed by atoms with van der Waals surface area (Å²) in [4.78, 5) is 23.4. The van der Waals surface area contributed by atoms with E-state index in [1.807, 2.05) is 27.7 Å². The van der Waals surface area contributed by atoms with Crippen LogP contribution in [-0.4, -0.2) is 36.0 Å². The van der Waals surface area contributed by atoms with Crippen molar-refractivity contribution in [1.29, 1.82) is 0 Å². The van der Waals surface area contributed by atoms with Gasteiger partial charge in [0.2, 0.25) is 11.8 Å². The molecule has 5 heteroatoms. The van der Waals surface area contributed by atoms with Crippen LogP contribution in [0, 0.1) is 0 Å². The second-order valence-corrected chi connectivity index (χ2v) is 5.99. The van der Waals surface area contributed by atoms with Crippen LogP contribution >= 0.6 is 0 Å². The molecule has 0 heterocycles. The second-order valence-electron chi connectivity index (χ2n) is 5.99. The average molecular weight is 269 g/mol. The predicted molar refractivity (Wildman–Crippen MR) is 75.8 cm³/mol. The number of amides is 2. The van der Waals surface area contributed by atoms with E-state index in [0.29, 0.717) is 19.0 Å². The van der Waals surface area contributed by atoms with Crippen LogP contribution < -0.4 is 16.0 Å². The van der Waals surface area contributed by atoms with Crippen LogP contribution in [-0.2, 0) is 9.59 Å². The van der Waals surface area contributed by atoms with Gasteiger partial charge in [-0.1, -0.05) is 6.92 Å². The quantitative estimate of drug-likeness (QED) is 0.614. The lowest BCUT2D eigenvalue weighted by atomic mass is 10.0. The standard InChI is InChI=1S/C14H27N3O2/c1-5-14(3,4)17-13(19)10(2)15-9-8-12(18)16-11-6-7-11/h10-11,15H,5-9H2,1-4H3,(H,16,18)(H,17,19). The maximum absolute atomic E-state index is 11.9. The van der Waals surface area contributed by atoms with E-state index in [4.69, 9.17) is 0 Å². The summed E-state index contributed by atoms with van der Waals surface area (Å²) in [5.74, 6) is 0.0472. The zero-order valence-corrected chi connectivity index (χ0v) is 12.5. The zero-order chi connectivity index (χ0) is 14.5. The summed E-state index contributed by atoms with van der Waals surface area (Å²) in [6, 6.07) is 0.123. The summed E-state index contributed by atoms with van der Waals surface area (Å²) in [5.41, 5.74) is -0.184. The van der Waals surface area contributed by atoms with Crippen LogP contribution in [0.1, 0.15) is 53.4 Å². The van der Waals surface area contributed by atoms with E-state index in [-0.39, 0.29) is 23.4 Å². The molecule has 0 aromatic heterocycles. The molecule has 0 saturated heterocycles. The van der Waals surface area contributed by atoms with Gasteiger partial charge in [-0.3, -0.25) is 9.59 Å². The third-order valence-corrected chi connectivity index (χ3v) is 3.48. The van der Waals surface area contributed by atoms with Crippen LogP contribution in [0.5, 0.6) is 0 Å². The number of hydrogen-bond acceptors (Lipinski definition) is 3. The molecule has 1 atom stereocenters. The Labute approximate surface area is 115 Å². The Morgan fingerprint density at radius 1 is 1.32 bits per heavy atom. The summed E-state index contributed by atoms with van der Waals surface area (Å²) < 4.78 is 0. The maximum Gasteiger partial charge on any atom is 0.237 e. The van der Waals surface area contributed by atoms with Gasteiger partial charge in [-0.05, 0) is 40.0 Å². The van der Waals surface area contributed by atoms with Gasteiger partial charge in [0, 0.05) is 24.5 Å². The van der Waals surface area contributed by atoms with E-state index >= 15 is 0 Å². The molecule has 0 spiro atoms. The lowest BCUT2D eigenvalue weighted by Gasteiger charge is -2.26. The van der Waals surface area contributed by atoms with E-state index in [1.165, 1.54) is 0 Å². The Kier molecular flexibility index (Phi) is 5.79. The molecule has 0 aromatic rings. The van der Waals surface area contributed by atoms with Crippen molar-refractivity contribution in [3.05, 3.63) is 0 Å². The highest BCUT2D eigenvalue weighted by Crippen LogP contribution is 2.18. The molecular weight excluding hydrogens is 242 g/mol. The van der Waals surface area contributed by atoms with Crippen molar-refractivity contribution in [2.45, 2.75) is 71.0 Å². The van der Waals surface area contributed by atoms with Gasteiger partial charge >= 0.3 is 0 Å². The van der Waals surface area contributed by atoms with Crippen molar-refractivity contribution in [1.82, 2.24) is 16.0 Å². The fraction of sp³-hybridized carbons (Fsp3) is 0.857. The van der Waals surface area contributed by atoms with Crippen LogP contribution in [0.3, 0.4) is 0 Å². The molecule has 2 amide bonds. The van der Waals surface area contributed by atoms with Crippen molar-refractivity contribution < 1.29 is 9.59 Å². The van der Waals surface area contributed by atoms with Gasteiger partial charge in [-0.15, -0.1) is 0 Å². The summed E-state index contributed by atoms with van der Waals surface area (Å²) in [5, 5.41) is 8.99. The van der Waals surface area contributed by atoms with Crippen LogP contribution in [0.15, 0.2) is 0 Å². The highest BCUT2D eigenvalue weighted by molar-refractivity contribution is 5.82. The monoisotopic (exact) mass is 269 g/mol. The van der Waals surface area contributed by atoms with Crippen molar-refractivity contribution in [2.75, 3.05) is 6.54 Å². The molecule has 5 nitrogen and oxygen atoms in total. The highest BCUT2D eigenvalue weighted by Gasteiger charge is 2.24. The number of rotatable bonds is 8. The fourth-order valence-corrected chi connectivity index (χ4v) is 1.55. The third-order valence-electron chi connectivity index (χ3n) is 3.48. The Bertz CT molecular complexity index is 325. The third kappa shape index (κ3) is 6.57. The first kappa shape index (κ1) is 16.0. The molecule has 19 heavy (non-hydrogen) atoms. The smallest absolute Gasteiger partial charge is 0.237 e. The topological polar surface area (TPSA) is 70.2 Å². The first-order chi connectivity index (χ1) is 8.84. The number of carbonyl (C=O) groups is 2. The highest BCUT2D eigenvalue weighted by atomic mass is 16.2. The first-order valence-corrected chi connectivity index (χ1v) is 7.19. The molecule has 1 rings (SSSR count). The average Bonchev–Trinajstić information content (AvgIpc) is 3.12. The van der Waals surface area contributed by atoms with E-state index in [1.54, 1.807) is 0 Å². The fourth-order valence-electron chi connectivity index (χ4n) is 1.55. The molecule has 1 saturated carbocycles. The van der Waals surface area contributed by atoms with Gasteiger partial charge in [0.15, 0.2) is 0 Å². The van der Waals surface area contributed by atoms with Crippen LogP contribution in [0.4, 0.5) is 0 Å². The molecular formula is C14H27N3O2. The lowest BCUT2D eigenvalue weighted by Crippen LogP contribution is -2.51. The molecule has 1 unspecified atom stereocenters. The Morgan fingerprint density at radius 2 is 1.95 bits per heavy atom. The second kappa shape index (κ2) is 6.89. The normalized spacial score (nSPS) is 16.8. The van der Waals surface area contributed by atoms with Gasteiger partial charge < -0.3 is 16.0 Å². The molecule has 1 aliphatic carbocycles. The van der Waals surface area contributed by atoms with Crippen molar-refractivity contribution in [3.8, 4) is 0 Å². The lowest BCUT2D eigenvalue weighted by molar-refractivity contribution is -0.125. The van der Waals surface area contributed by atoms with Gasteiger partial charge in [0.25, 0.3) is 0 Å². The van der Waals surface area contributed by atoms with Gasteiger partial charge in [0.05, 0.1) is 6.04 Å². The number of nitrogens with one attached hydrogen (secondary N) is 3. The van der Waals surface area contributed by atoms with Crippen molar-refractivity contribution in [3.63, 3.8) is 0 Å². The molecule has 0 aromatic carbocycles. The van der Waals surface area contributed by atoms with Crippen LogP contribution in [0.2, 0.25) is 0 Å². The van der Waals surface area contributed by atoms with E-state index in [9.17, 15) is 9.59 Å². The molecule has 0 bridgehead atoms. The van der Waals surface area contributed by atoms with Crippen LogP contribution in [0.25, 0.3) is 0 Å². The summed E-state index contributed by atoms with van der Waals surface area (Å²) >= 11 is 0. The first-order valence-electron chi connectivity index (χ1n) is 7.19. The SMILES string of the molecule is CCC(C)(C)NC(=O)C(C)NCCC(=O)NC1CC1. The van der Waals surface area contributed by atoms with E-state index in [2.05, 4.69) is 16.0 Å². The zero-order valence-electron chi connectivity index (χ0n) is 12.5. The minimum atomic E-state index is -0.278. The predicted octanol–water partition coefficient (Wildman–Crippen LogP) is 0.938. The molecule has 0 aliphatic heterocycles. The molecule has 1 fully saturated rings. The summed E-state index contributed by atoms with van der Waals surface area (Å²) in [6.07, 6.45) is 3.51. The minimum Gasteiger partial charge on any atom is -0.353 e. The number of carbonyl (C=O) groups excluding carboxylic acids is 2. The van der Waals surface area contributed by atoms with Gasteiger partial charge in [-0.2, -0.15) is 0 Å². The minimum absolute atomic E-state index is 0.0190. The maximum atomic E-state index is 11.9. The van der Waals surface area contributed by atoms with E-state index < -0.39 is 0 Å². The van der Waals surface area contributed by atoms with Gasteiger partial charge in [-0.25, -0.2) is 0 Å². The summed E-state index contributed by atoms with van der Waals surface area (Å²) in [6.45, 7) is 8.39. The van der Waals surface area contributed by atoms with E-state index in [0.717, 1.165) is 19.3 Å². The number of hydrogen-bond donors (Lipinski definition) is 3. The molecule has 1 aliphatic rings.